The van der Waals surface area contributed by atoms with Crippen molar-refractivity contribution in [2.24, 2.45) is 12.5 Å². The summed E-state index contributed by atoms with van der Waals surface area (Å²) >= 11 is 0. The largest absolute Gasteiger partial charge is 0.506 e. The molecule has 0 unspecified atom stereocenters. The molecule has 1 aromatic heterocycles. The quantitative estimate of drug-likeness (QED) is 0.576. The van der Waals surface area contributed by atoms with Crippen LogP contribution in [0.5, 0.6) is 5.75 Å². The normalized spacial score (nSPS) is 12.9. The second kappa shape index (κ2) is 12.9. The maximum Gasteiger partial charge on any atom is 0.278 e. The Kier molecular flexibility index (Phi) is 11.8. The molecule has 2 aromatic rings. The van der Waals surface area contributed by atoms with Gasteiger partial charge in [-0.2, -0.15) is 0 Å². The number of aromatic nitrogens is 2. The third-order valence-corrected chi connectivity index (χ3v) is 4.79. The SMILES string of the molecule is CC.CC.CC.CC(C)c1ccc(O)c(-n2c(=O)c3c(c(=O)n2C)C=CC(C)(C)C=C3)c1. The van der Waals surface area contributed by atoms with Crippen molar-refractivity contribution in [1.29, 1.82) is 0 Å². The third kappa shape index (κ3) is 6.35. The number of benzene rings is 1. The lowest BCUT2D eigenvalue weighted by Crippen LogP contribution is -2.39. The van der Waals surface area contributed by atoms with E-state index in [1.165, 1.54) is 9.36 Å². The minimum absolute atomic E-state index is 0.0417. The lowest BCUT2D eigenvalue weighted by atomic mass is 9.93. The van der Waals surface area contributed by atoms with E-state index in [1.807, 2.05) is 87.5 Å². The number of aromatic hydroxyl groups is 1. The molecule has 3 rings (SSSR count). The molecule has 32 heavy (non-hydrogen) atoms. The van der Waals surface area contributed by atoms with Gasteiger partial charge in [0, 0.05) is 12.5 Å². The molecule has 1 aliphatic carbocycles. The minimum Gasteiger partial charge on any atom is -0.506 e. The first kappa shape index (κ1) is 29.2. The number of phenolic OH excluding ortho intramolecular Hbond substituents is 1. The van der Waals surface area contributed by atoms with E-state index in [9.17, 15) is 14.7 Å². The summed E-state index contributed by atoms with van der Waals surface area (Å²) in [7, 11) is 1.54. The number of fused-ring (bicyclic) bond motifs is 1. The van der Waals surface area contributed by atoms with Gasteiger partial charge in [0.25, 0.3) is 11.1 Å². The van der Waals surface area contributed by atoms with Gasteiger partial charge in [0.1, 0.15) is 11.4 Å². The molecule has 0 spiro atoms. The number of phenols is 1. The van der Waals surface area contributed by atoms with Crippen molar-refractivity contribution in [3.63, 3.8) is 0 Å². The molecule has 1 aliphatic rings. The molecule has 0 saturated heterocycles. The molecule has 1 N–H and O–H groups in total. The van der Waals surface area contributed by atoms with Crippen molar-refractivity contribution < 1.29 is 5.11 Å². The van der Waals surface area contributed by atoms with Crippen LogP contribution in [-0.2, 0) is 7.05 Å². The third-order valence-electron chi connectivity index (χ3n) is 4.79. The van der Waals surface area contributed by atoms with E-state index in [0.717, 1.165) is 5.56 Å². The summed E-state index contributed by atoms with van der Waals surface area (Å²) in [5, 5.41) is 10.3. The zero-order valence-electron chi connectivity index (χ0n) is 21.8. The summed E-state index contributed by atoms with van der Waals surface area (Å²) < 4.78 is 2.51. The molecule has 178 valence electrons. The highest BCUT2D eigenvalue weighted by Gasteiger charge is 2.21. The maximum atomic E-state index is 13.2. The van der Waals surface area contributed by atoms with E-state index < -0.39 is 0 Å². The van der Waals surface area contributed by atoms with Crippen LogP contribution >= 0.6 is 0 Å². The molecule has 1 heterocycles. The molecule has 0 aliphatic heterocycles. The monoisotopic (exact) mass is 442 g/mol. The van der Waals surface area contributed by atoms with Crippen LogP contribution in [0, 0.1) is 5.41 Å². The molecular formula is C27H42N2O3. The molecule has 0 bridgehead atoms. The molecule has 0 fully saturated rings. The predicted octanol–water partition coefficient (Wildman–Crippen LogP) is 6.51. The Balaban J connectivity index is 0.00000148. The molecule has 0 amide bonds. The van der Waals surface area contributed by atoms with E-state index in [2.05, 4.69) is 0 Å². The van der Waals surface area contributed by atoms with E-state index in [4.69, 9.17) is 0 Å². The van der Waals surface area contributed by atoms with Crippen molar-refractivity contribution in [2.45, 2.75) is 75.2 Å². The fourth-order valence-corrected chi connectivity index (χ4v) is 3.06. The molecule has 0 saturated carbocycles. The van der Waals surface area contributed by atoms with Crippen molar-refractivity contribution in [1.82, 2.24) is 9.36 Å². The first-order valence-corrected chi connectivity index (χ1v) is 11.7. The van der Waals surface area contributed by atoms with Gasteiger partial charge in [-0.05, 0) is 23.6 Å². The van der Waals surface area contributed by atoms with Crippen molar-refractivity contribution >= 4 is 12.2 Å². The fraction of sp³-hybridized carbons (Fsp3) is 0.481. The number of hydrogen-bond donors (Lipinski definition) is 1. The smallest absolute Gasteiger partial charge is 0.278 e. The van der Waals surface area contributed by atoms with Gasteiger partial charge in [0.05, 0.1) is 11.1 Å². The first-order chi connectivity index (χ1) is 15.1. The van der Waals surface area contributed by atoms with Gasteiger partial charge in [-0.15, -0.1) is 0 Å². The zero-order chi connectivity index (χ0) is 25.2. The van der Waals surface area contributed by atoms with Gasteiger partial charge in [-0.1, -0.05) is 99.6 Å². The average Bonchev–Trinajstić information content (AvgIpc) is 2.96. The van der Waals surface area contributed by atoms with Crippen LogP contribution in [0.25, 0.3) is 17.8 Å². The van der Waals surface area contributed by atoms with Crippen LogP contribution in [0.3, 0.4) is 0 Å². The summed E-state index contributed by atoms with van der Waals surface area (Å²) in [5.41, 5.74) is 1.12. The lowest BCUT2D eigenvalue weighted by molar-refractivity contribution is 0.461. The number of rotatable bonds is 2. The van der Waals surface area contributed by atoms with Crippen LogP contribution in [0.15, 0.2) is 39.9 Å². The van der Waals surface area contributed by atoms with Gasteiger partial charge in [0.15, 0.2) is 0 Å². The zero-order valence-corrected chi connectivity index (χ0v) is 21.8. The topological polar surface area (TPSA) is 64.2 Å². The summed E-state index contributed by atoms with van der Waals surface area (Å²) in [6.45, 7) is 20.1. The lowest BCUT2D eigenvalue weighted by Gasteiger charge is -2.17. The highest BCUT2D eigenvalue weighted by atomic mass is 16.3. The second-order valence-corrected chi connectivity index (χ2v) is 7.66. The van der Waals surface area contributed by atoms with Crippen molar-refractivity contribution in [3.05, 3.63) is 67.7 Å². The maximum absolute atomic E-state index is 13.2. The van der Waals surface area contributed by atoms with Crippen LogP contribution in [0.4, 0.5) is 0 Å². The molecule has 1 aromatic carbocycles. The Labute approximate surface area is 193 Å². The van der Waals surface area contributed by atoms with Crippen LogP contribution < -0.4 is 11.1 Å². The van der Waals surface area contributed by atoms with Crippen LogP contribution in [0.1, 0.15) is 91.8 Å². The average molecular weight is 443 g/mol. The van der Waals surface area contributed by atoms with Gasteiger partial charge in [0.2, 0.25) is 0 Å². The van der Waals surface area contributed by atoms with Gasteiger partial charge >= 0.3 is 0 Å². The number of nitrogens with zero attached hydrogens (tertiary/aromatic N) is 2. The highest BCUT2D eigenvalue weighted by molar-refractivity contribution is 5.67. The Bertz CT molecular complexity index is 1050. The van der Waals surface area contributed by atoms with Crippen molar-refractivity contribution in [3.8, 4) is 11.4 Å². The Morgan fingerprint density at radius 3 is 1.78 bits per heavy atom. The van der Waals surface area contributed by atoms with E-state index in [0.29, 0.717) is 16.8 Å². The predicted molar refractivity (Wildman–Crippen MR) is 139 cm³/mol. The molecule has 5 heteroatoms. The molecule has 0 atom stereocenters. The summed E-state index contributed by atoms with van der Waals surface area (Å²) in [6, 6.07) is 5.14. The Hall–Kier alpha value is -2.82. The number of allylic oxidation sites excluding steroid dienone is 2. The minimum atomic E-state index is -0.336. The first-order valence-electron chi connectivity index (χ1n) is 11.7. The molecular weight excluding hydrogens is 400 g/mol. The van der Waals surface area contributed by atoms with E-state index in [1.54, 1.807) is 31.3 Å². The van der Waals surface area contributed by atoms with E-state index in [-0.39, 0.29) is 28.2 Å². The Morgan fingerprint density at radius 1 is 0.844 bits per heavy atom. The molecule has 0 radical (unpaired) electrons. The standard InChI is InChI=1S/C21H24N2O3.3C2H6/c1-13(2)14-6-7-18(24)17(12-14)23-20(26)16-9-11-21(3,4)10-8-15(16)19(25)22(23)5;3*1-2/h6-13,24H,1-5H3;3*1-2H3. The van der Waals surface area contributed by atoms with E-state index >= 15 is 0 Å². The Morgan fingerprint density at radius 2 is 1.31 bits per heavy atom. The number of hydrogen-bond acceptors (Lipinski definition) is 3. The summed E-state index contributed by atoms with van der Waals surface area (Å²) in [4.78, 5) is 26.1. The van der Waals surface area contributed by atoms with Gasteiger partial charge in [-0.3, -0.25) is 9.59 Å². The van der Waals surface area contributed by atoms with Gasteiger partial charge < -0.3 is 5.11 Å². The fourth-order valence-electron chi connectivity index (χ4n) is 3.06. The molecule has 5 nitrogen and oxygen atoms in total. The summed E-state index contributed by atoms with van der Waals surface area (Å²) in [5.74, 6) is 0.187. The van der Waals surface area contributed by atoms with Crippen molar-refractivity contribution in [2.75, 3.05) is 0 Å². The van der Waals surface area contributed by atoms with Gasteiger partial charge in [-0.25, -0.2) is 9.36 Å². The second-order valence-electron chi connectivity index (χ2n) is 7.66. The summed E-state index contributed by atoms with van der Waals surface area (Å²) in [6.07, 6.45) is 7.25. The van der Waals surface area contributed by atoms with Crippen LogP contribution in [0.2, 0.25) is 0 Å². The van der Waals surface area contributed by atoms with Crippen LogP contribution in [-0.4, -0.2) is 14.5 Å². The highest BCUT2D eigenvalue weighted by Crippen LogP contribution is 2.27.